The summed E-state index contributed by atoms with van der Waals surface area (Å²) in [6.07, 6.45) is 0. The van der Waals surface area contributed by atoms with E-state index >= 15 is 0 Å². The van der Waals surface area contributed by atoms with Gasteiger partial charge in [0.1, 0.15) is 0 Å². The van der Waals surface area contributed by atoms with E-state index in [1.54, 1.807) is 11.8 Å². The fraction of sp³-hybridized carbons (Fsp3) is 0.833. The van der Waals surface area contributed by atoms with E-state index in [-0.39, 0.29) is 30.3 Å². The summed E-state index contributed by atoms with van der Waals surface area (Å²) in [6.45, 7) is 7.75. The average Bonchev–Trinajstić information content (AvgIpc) is 2.32. The molecule has 4 N–H and O–H groups in total. The number of nitrogens with one attached hydrogen (secondary N) is 2. The van der Waals surface area contributed by atoms with Gasteiger partial charge in [0.2, 0.25) is 11.8 Å². The maximum absolute atomic E-state index is 11.5. The maximum Gasteiger partial charge on any atom is 0.239 e. The first-order valence-electron chi connectivity index (χ1n) is 6.28. The van der Waals surface area contributed by atoms with Crippen molar-refractivity contribution in [2.75, 3.05) is 18.1 Å². The third kappa shape index (κ3) is 7.55. The second-order valence-corrected chi connectivity index (χ2v) is 5.93. The minimum Gasteiger partial charge on any atom is -0.351 e. The average molecular weight is 275 g/mol. The number of hydrogen-bond donors (Lipinski definition) is 3. The molecule has 0 aromatic carbocycles. The Morgan fingerprint density at radius 1 is 1.28 bits per heavy atom. The van der Waals surface area contributed by atoms with Crippen LogP contribution >= 0.6 is 11.8 Å². The lowest BCUT2D eigenvalue weighted by Gasteiger charge is -2.16. The van der Waals surface area contributed by atoms with Crippen molar-refractivity contribution in [3.05, 3.63) is 0 Å². The van der Waals surface area contributed by atoms with Gasteiger partial charge in [0.25, 0.3) is 0 Å². The van der Waals surface area contributed by atoms with E-state index in [9.17, 15) is 9.59 Å². The summed E-state index contributed by atoms with van der Waals surface area (Å²) in [4.78, 5) is 23.1. The largest absolute Gasteiger partial charge is 0.351 e. The molecular weight excluding hydrogens is 250 g/mol. The Kier molecular flexibility index (Phi) is 8.83. The highest BCUT2D eigenvalue weighted by atomic mass is 32.2. The summed E-state index contributed by atoms with van der Waals surface area (Å²) in [6, 6.07) is -0.455. The molecule has 18 heavy (non-hydrogen) atoms. The van der Waals surface area contributed by atoms with Crippen molar-refractivity contribution in [3.8, 4) is 0 Å². The SMILES string of the molecule is CCSCC(C)NC(=O)CNC(=O)[C@@H](N)C(C)C. The van der Waals surface area contributed by atoms with Gasteiger partial charge in [-0.05, 0) is 18.6 Å². The fourth-order valence-electron chi connectivity index (χ4n) is 1.25. The van der Waals surface area contributed by atoms with Crippen molar-refractivity contribution < 1.29 is 9.59 Å². The zero-order valence-electron chi connectivity index (χ0n) is 11.7. The van der Waals surface area contributed by atoms with Crippen molar-refractivity contribution in [1.82, 2.24) is 10.6 Å². The molecule has 0 saturated carbocycles. The van der Waals surface area contributed by atoms with Gasteiger partial charge in [0, 0.05) is 11.8 Å². The molecule has 0 aliphatic heterocycles. The number of hydrogen-bond acceptors (Lipinski definition) is 4. The molecule has 0 aliphatic rings. The quantitative estimate of drug-likeness (QED) is 0.596. The molecule has 6 heteroatoms. The predicted octanol–water partition coefficient (Wildman–Crippen LogP) is 0.344. The van der Waals surface area contributed by atoms with Crippen LogP contribution in [-0.4, -0.2) is 41.9 Å². The highest BCUT2D eigenvalue weighted by Crippen LogP contribution is 2.01. The van der Waals surface area contributed by atoms with E-state index in [1.807, 2.05) is 20.8 Å². The van der Waals surface area contributed by atoms with Crippen molar-refractivity contribution in [3.63, 3.8) is 0 Å². The van der Waals surface area contributed by atoms with Crippen molar-refractivity contribution >= 4 is 23.6 Å². The van der Waals surface area contributed by atoms with Crippen LogP contribution in [0.2, 0.25) is 0 Å². The normalized spacial score (nSPS) is 14.1. The molecule has 0 saturated heterocycles. The summed E-state index contributed by atoms with van der Waals surface area (Å²) in [5.41, 5.74) is 5.67. The standard InChI is InChI=1S/C12H25N3O2S/c1-5-18-7-9(4)15-10(16)6-14-12(17)11(13)8(2)3/h8-9,11H,5-7,13H2,1-4H3,(H,14,17)(H,15,16)/t9?,11-/m0/s1. The molecule has 2 amide bonds. The molecule has 0 rings (SSSR count). The van der Waals surface area contributed by atoms with Crippen LogP contribution in [0, 0.1) is 5.92 Å². The van der Waals surface area contributed by atoms with Crippen molar-refractivity contribution in [2.45, 2.75) is 39.8 Å². The Morgan fingerprint density at radius 3 is 2.39 bits per heavy atom. The first-order valence-corrected chi connectivity index (χ1v) is 7.44. The minimum absolute atomic E-state index is 0.0135. The van der Waals surface area contributed by atoms with E-state index in [4.69, 9.17) is 5.73 Å². The van der Waals surface area contributed by atoms with Crippen molar-refractivity contribution in [2.24, 2.45) is 11.7 Å². The summed E-state index contributed by atoms with van der Waals surface area (Å²) in [5.74, 6) is 1.51. The van der Waals surface area contributed by atoms with Gasteiger partial charge in [-0.1, -0.05) is 20.8 Å². The third-order valence-corrected chi connectivity index (χ3v) is 3.57. The molecule has 5 nitrogen and oxygen atoms in total. The third-order valence-electron chi connectivity index (χ3n) is 2.42. The summed E-state index contributed by atoms with van der Waals surface area (Å²) < 4.78 is 0. The van der Waals surface area contributed by atoms with E-state index in [1.165, 1.54) is 0 Å². The van der Waals surface area contributed by atoms with Crippen LogP contribution in [0.3, 0.4) is 0 Å². The molecule has 106 valence electrons. The van der Waals surface area contributed by atoms with E-state index in [0.717, 1.165) is 11.5 Å². The Morgan fingerprint density at radius 2 is 1.89 bits per heavy atom. The minimum atomic E-state index is -0.564. The van der Waals surface area contributed by atoms with Gasteiger partial charge >= 0.3 is 0 Å². The number of thioether (sulfide) groups is 1. The first-order chi connectivity index (χ1) is 8.38. The van der Waals surface area contributed by atoms with Gasteiger partial charge in [-0.3, -0.25) is 9.59 Å². The van der Waals surface area contributed by atoms with Crippen LogP contribution in [-0.2, 0) is 9.59 Å². The van der Waals surface area contributed by atoms with E-state index in [2.05, 4.69) is 17.6 Å². The van der Waals surface area contributed by atoms with Gasteiger partial charge in [-0.2, -0.15) is 11.8 Å². The van der Waals surface area contributed by atoms with Gasteiger partial charge in [-0.25, -0.2) is 0 Å². The number of nitrogens with two attached hydrogens (primary N) is 1. The number of rotatable bonds is 8. The summed E-state index contributed by atoms with van der Waals surface area (Å²) in [5, 5.41) is 5.37. The number of carbonyl (C=O) groups excluding carboxylic acids is 2. The Labute approximate surface area is 114 Å². The van der Waals surface area contributed by atoms with Crippen LogP contribution in [0.1, 0.15) is 27.7 Å². The lowest BCUT2D eigenvalue weighted by atomic mass is 10.1. The Bertz CT molecular complexity index is 272. The molecule has 0 spiro atoms. The van der Waals surface area contributed by atoms with Gasteiger partial charge < -0.3 is 16.4 Å². The van der Waals surface area contributed by atoms with Crippen LogP contribution in [0.5, 0.6) is 0 Å². The highest BCUT2D eigenvalue weighted by molar-refractivity contribution is 7.99. The van der Waals surface area contributed by atoms with Crippen molar-refractivity contribution in [1.29, 1.82) is 0 Å². The van der Waals surface area contributed by atoms with Crippen LogP contribution in [0.15, 0.2) is 0 Å². The van der Waals surface area contributed by atoms with E-state index < -0.39 is 6.04 Å². The smallest absolute Gasteiger partial charge is 0.239 e. The molecule has 2 atom stereocenters. The molecule has 0 aliphatic carbocycles. The fourth-order valence-corrected chi connectivity index (χ4v) is 1.92. The van der Waals surface area contributed by atoms with E-state index in [0.29, 0.717) is 0 Å². The Balaban J connectivity index is 3.86. The molecule has 1 unspecified atom stereocenters. The summed E-state index contributed by atoms with van der Waals surface area (Å²) in [7, 11) is 0. The van der Waals surface area contributed by atoms with Crippen LogP contribution < -0.4 is 16.4 Å². The molecule has 0 bridgehead atoms. The van der Waals surface area contributed by atoms with Crippen LogP contribution in [0.4, 0.5) is 0 Å². The van der Waals surface area contributed by atoms with Gasteiger partial charge in [-0.15, -0.1) is 0 Å². The van der Waals surface area contributed by atoms with Gasteiger partial charge in [0.05, 0.1) is 12.6 Å². The predicted molar refractivity (Wildman–Crippen MR) is 76.4 cm³/mol. The Hall–Kier alpha value is -0.750. The second-order valence-electron chi connectivity index (χ2n) is 4.62. The molecule has 0 fully saturated rings. The topological polar surface area (TPSA) is 84.2 Å². The number of carbonyl (C=O) groups is 2. The highest BCUT2D eigenvalue weighted by Gasteiger charge is 2.17. The number of amides is 2. The molecule has 0 aromatic rings. The lowest BCUT2D eigenvalue weighted by Crippen LogP contribution is -2.48. The lowest BCUT2D eigenvalue weighted by molar-refractivity contribution is -0.127. The molecule has 0 radical (unpaired) electrons. The second kappa shape index (κ2) is 9.22. The molecular formula is C12H25N3O2S. The monoisotopic (exact) mass is 275 g/mol. The zero-order valence-corrected chi connectivity index (χ0v) is 12.5. The molecule has 0 aromatic heterocycles. The zero-order chi connectivity index (χ0) is 14.1. The van der Waals surface area contributed by atoms with Crippen LogP contribution in [0.25, 0.3) is 0 Å². The summed E-state index contributed by atoms with van der Waals surface area (Å²) >= 11 is 1.77. The molecule has 0 heterocycles. The van der Waals surface area contributed by atoms with Gasteiger partial charge in [0.15, 0.2) is 0 Å². The first kappa shape index (κ1) is 17.2. The maximum atomic E-state index is 11.5.